The molecule has 1 aliphatic heterocycles. The molecule has 0 amide bonds. The van der Waals surface area contributed by atoms with Crippen molar-refractivity contribution < 1.29 is 4.74 Å². The number of hydrogen-bond acceptors (Lipinski definition) is 7. The van der Waals surface area contributed by atoms with E-state index in [4.69, 9.17) is 10.00 Å². The minimum absolute atomic E-state index is 0.414. The Kier molecular flexibility index (Phi) is 5.68. The summed E-state index contributed by atoms with van der Waals surface area (Å²) in [5, 5.41) is 24.8. The summed E-state index contributed by atoms with van der Waals surface area (Å²) in [5.41, 5.74) is 4.69. The number of nitriles is 2. The Balaban J connectivity index is 1.73. The lowest BCUT2D eigenvalue weighted by Gasteiger charge is -2.17. The summed E-state index contributed by atoms with van der Waals surface area (Å²) in [6.07, 6.45) is 2.89. The molecular weight excluding hydrogens is 388 g/mol. The van der Waals surface area contributed by atoms with Gasteiger partial charge in [-0.3, -0.25) is 0 Å². The van der Waals surface area contributed by atoms with Crippen LogP contribution in [0.25, 0.3) is 0 Å². The number of aryl methyl sites for hydroxylation is 2. The molecule has 3 aromatic rings. The van der Waals surface area contributed by atoms with Crippen molar-refractivity contribution in [1.82, 2.24) is 9.97 Å². The quantitative estimate of drug-likeness (QED) is 0.614. The largest absolute Gasteiger partial charge is 0.438 e. The van der Waals surface area contributed by atoms with Gasteiger partial charge in [0.2, 0.25) is 11.8 Å². The van der Waals surface area contributed by atoms with Gasteiger partial charge < -0.3 is 15.4 Å². The van der Waals surface area contributed by atoms with Gasteiger partial charge in [0.25, 0.3) is 0 Å². The van der Waals surface area contributed by atoms with Crippen LogP contribution >= 0.6 is 0 Å². The average molecular weight is 410 g/mol. The van der Waals surface area contributed by atoms with E-state index in [9.17, 15) is 5.26 Å². The first-order valence-corrected chi connectivity index (χ1v) is 10.2. The van der Waals surface area contributed by atoms with Crippen LogP contribution in [0.1, 0.15) is 40.7 Å². The number of ether oxygens (including phenoxy) is 1. The number of aromatic nitrogens is 2. The topological polar surface area (TPSA) is 107 Å². The molecule has 0 radical (unpaired) electrons. The molecule has 4 rings (SSSR count). The van der Waals surface area contributed by atoms with Crippen molar-refractivity contribution in [2.75, 3.05) is 17.2 Å². The SMILES string of the molecule is Cc1cc(C#N)cc(C)c1Oc1nc(Nc2ccc(C#N)cc2)nc2c1CCCCN2. The number of anilines is 3. The molecule has 7 heteroatoms. The number of nitrogens with zero attached hydrogens (tertiary/aromatic N) is 4. The Bertz CT molecular complexity index is 1180. The van der Waals surface area contributed by atoms with Gasteiger partial charge >= 0.3 is 0 Å². The van der Waals surface area contributed by atoms with Crippen molar-refractivity contribution in [3.8, 4) is 23.8 Å². The molecule has 0 fully saturated rings. The summed E-state index contributed by atoms with van der Waals surface area (Å²) in [6, 6.07) is 15.0. The normalized spacial score (nSPS) is 12.5. The zero-order valence-electron chi connectivity index (χ0n) is 17.5. The van der Waals surface area contributed by atoms with E-state index in [2.05, 4.69) is 32.7 Å². The standard InChI is InChI=1S/C24H22N6O/c1-15-11-18(14-26)12-16(2)21(15)31-23-20-5-3-4-10-27-22(20)29-24(30-23)28-19-8-6-17(13-25)7-9-19/h6-9,11-12H,3-5,10H2,1-2H3,(H2,27,28,29,30). The fourth-order valence-electron chi connectivity index (χ4n) is 3.64. The van der Waals surface area contributed by atoms with Gasteiger partial charge in [-0.2, -0.15) is 20.5 Å². The van der Waals surface area contributed by atoms with Crippen LogP contribution in [-0.2, 0) is 6.42 Å². The Morgan fingerprint density at radius 2 is 1.68 bits per heavy atom. The molecule has 7 nitrogen and oxygen atoms in total. The number of benzene rings is 2. The first-order valence-electron chi connectivity index (χ1n) is 10.2. The highest BCUT2D eigenvalue weighted by Crippen LogP contribution is 2.35. The number of hydrogen-bond donors (Lipinski definition) is 2. The van der Waals surface area contributed by atoms with Crippen molar-refractivity contribution >= 4 is 17.5 Å². The van der Waals surface area contributed by atoms with E-state index in [1.54, 1.807) is 12.1 Å². The summed E-state index contributed by atoms with van der Waals surface area (Å²) >= 11 is 0. The highest BCUT2D eigenvalue weighted by Gasteiger charge is 2.20. The first kappa shape index (κ1) is 20.2. The second kappa shape index (κ2) is 8.73. The predicted molar refractivity (Wildman–Crippen MR) is 119 cm³/mol. The summed E-state index contributed by atoms with van der Waals surface area (Å²) in [5.74, 6) is 2.39. The lowest BCUT2D eigenvalue weighted by Crippen LogP contribution is -2.08. The van der Waals surface area contributed by atoms with Crippen LogP contribution in [0.4, 0.5) is 17.5 Å². The monoisotopic (exact) mass is 410 g/mol. The molecule has 0 bridgehead atoms. The smallest absolute Gasteiger partial charge is 0.232 e. The number of fused-ring (bicyclic) bond motifs is 1. The zero-order chi connectivity index (χ0) is 21.8. The summed E-state index contributed by atoms with van der Waals surface area (Å²) < 4.78 is 6.32. The molecule has 0 unspecified atom stereocenters. The molecule has 0 saturated carbocycles. The third kappa shape index (κ3) is 4.41. The van der Waals surface area contributed by atoms with Crippen LogP contribution in [0.3, 0.4) is 0 Å². The Morgan fingerprint density at radius 3 is 2.35 bits per heavy atom. The van der Waals surface area contributed by atoms with Crippen LogP contribution < -0.4 is 15.4 Å². The Morgan fingerprint density at radius 1 is 0.968 bits per heavy atom. The first-order chi connectivity index (χ1) is 15.1. The van der Waals surface area contributed by atoms with E-state index in [0.717, 1.165) is 54.0 Å². The van der Waals surface area contributed by atoms with E-state index in [0.29, 0.717) is 28.7 Å². The lowest BCUT2D eigenvalue weighted by atomic mass is 10.1. The summed E-state index contributed by atoms with van der Waals surface area (Å²) in [7, 11) is 0. The molecule has 2 N–H and O–H groups in total. The molecule has 0 spiro atoms. The second-order valence-electron chi connectivity index (χ2n) is 7.53. The maximum atomic E-state index is 9.22. The molecule has 2 aromatic carbocycles. The minimum Gasteiger partial charge on any atom is -0.438 e. The third-order valence-corrected chi connectivity index (χ3v) is 5.17. The highest BCUT2D eigenvalue weighted by atomic mass is 16.5. The molecule has 31 heavy (non-hydrogen) atoms. The van der Waals surface area contributed by atoms with E-state index >= 15 is 0 Å². The number of nitrogens with one attached hydrogen (secondary N) is 2. The fraction of sp³-hybridized carbons (Fsp3) is 0.250. The van der Waals surface area contributed by atoms with Crippen LogP contribution in [0.2, 0.25) is 0 Å². The van der Waals surface area contributed by atoms with E-state index < -0.39 is 0 Å². The van der Waals surface area contributed by atoms with Crippen molar-refractivity contribution in [3.63, 3.8) is 0 Å². The van der Waals surface area contributed by atoms with E-state index in [1.165, 1.54) is 0 Å². The van der Waals surface area contributed by atoms with Crippen LogP contribution in [0.15, 0.2) is 36.4 Å². The zero-order valence-corrected chi connectivity index (χ0v) is 17.5. The van der Waals surface area contributed by atoms with Gasteiger partial charge in [-0.05, 0) is 80.6 Å². The van der Waals surface area contributed by atoms with E-state index in [-0.39, 0.29) is 0 Å². The molecule has 154 valence electrons. The maximum absolute atomic E-state index is 9.22. The van der Waals surface area contributed by atoms with Gasteiger partial charge in [-0.15, -0.1) is 0 Å². The molecule has 1 aliphatic rings. The lowest BCUT2D eigenvalue weighted by molar-refractivity contribution is 0.449. The Hall–Kier alpha value is -4.10. The Labute approximate surface area is 181 Å². The van der Waals surface area contributed by atoms with Gasteiger partial charge in [0.15, 0.2) is 0 Å². The fourth-order valence-corrected chi connectivity index (χ4v) is 3.64. The average Bonchev–Trinajstić information content (AvgIpc) is 3.02. The van der Waals surface area contributed by atoms with Crippen molar-refractivity contribution in [2.45, 2.75) is 33.1 Å². The van der Waals surface area contributed by atoms with Crippen LogP contribution in [0.5, 0.6) is 11.6 Å². The predicted octanol–water partition coefficient (Wildman–Crippen LogP) is 5.12. The third-order valence-electron chi connectivity index (χ3n) is 5.17. The van der Waals surface area contributed by atoms with Crippen LogP contribution in [-0.4, -0.2) is 16.5 Å². The minimum atomic E-state index is 0.414. The van der Waals surface area contributed by atoms with Crippen molar-refractivity contribution in [2.24, 2.45) is 0 Å². The maximum Gasteiger partial charge on any atom is 0.232 e. The van der Waals surface area contributed by atoms with Crippen LogP contribution in [0, 0.1) is 36.5 Å². The van der Waals surface area contributed by atoms with Gasteiger partial charge in [0, 0.05) is 12.2 Å². The van der Waals surface area contributed by atoms with Gasteiger partial charge in [-0.1, -0.05) is 0 Å². The molecule has 2 heterocycles. The molecule has 0 atom stereocenters. The van der Waals surface area contributed by atoms with Crippen molar-refractivity contribution in [1.29, 1.82) is 10.5 Å². The molecular formula is C24H22N6O. The highest BCUT2D eigenvalue weighted by molar-refractivity contribution is 5.61. The van der Waals surface area contributed by atoms with Gasteiger partial charge in [0.05, 0.1) is 28.8 Å². The van der Waals surface area contributed by atoms with Gasteiger partial charge in [0.1, 0.15) is 11.6 Å². The summed E-state index contributed by atoms with van der Waals surface area (Å²) in [6.45, 7) is 4.70. The van der Waals surface area contributed by atoms with E-state index in [1.807, 2.05) is 38.1 Å². The number of rotatable bonds is 4. The molecule has 0 aliphatic carbocycles. The van der Waals surface area contributed by atoms with Crippen molar-refractivity contribution in [3.05, 3.63) is 64.2 Å². The molecule has 1 aromatic heterocycles. The second-order valence-corrected chi connectivity index (χ2v) is 7.53. The van der Waals surface area contributed by atoms with Gasteiger partial charge in [-0.25, -0.2) is 0 Å². The molecule has 0 saturated heterocycles. The summed E-state index contributed by atoms with van der Waals surface area (Å²) in [4.78, 5) is 9.34.